The number of nitrogens with zero attached hydrogens (tertiary/aromatic N) is 1. The van der Waals surface area contributed by atoms with Crippen LogP contribution < -0.4 is 10.6 Å². The van der Waals surface area contributed by atoms with E-state index in [9.17, 15) is 9.59 Å². The molecule has 2 N–H and O–H groups in total. The van der Waals surface area contributed by atoms with E-state index in [1.54, 1.807) is 0 Å². The van der Waals surface area contributed by atoms with Gasteiger partial charge in [-0.15, -0.1) is 0 Å². The van der Waals surface area contributed by atoms with Crippen LogP contribution in [-0.2, 0) is 4.79 Å². The van der Waals surface area contributed by atoms with Crippen molar-refractivity contribution in [3.05, 3.63) is 0 Å². The van der Waals surface area contributed by atoms with Gasteiger partial charge in [-0.1, -0.05) is 19.3 Å². The minimum absolute atomic E-state index is 0.194. The Hall–Kier alpha value is -1.10. The molecular formula is C14H25N3O2. The number of fused-ring (bicyclic) bond motifs is 1. The number of hydrogen-bond donors (Lipinski definition) is 2. The summed E-state index contributed by atoms with van der Waals surface area (Å²) in [6.07, 6.45) is 6.58. The molecule has 2 aliphatic rings. The molecule has 0 radical (unpaired) electrons. The Balaban J connectivity index is 1.74. The summed E-state index contributed by atoms with van der Waals surface area (Å²) < 4.78 is 0. The second kappa shape index (κ2) is 6.89. The fourth-order valence-electron chi connectivity index (χ4n) is 3.39. The zero-order valence-electron chi connectivity index (χ0n) is 11.8. The van der Waals surface area contributed by atoms with Gasteiger partial charge in [0, 0.05) is 13.1 Å². The summed E-state index contributed by atoms with van der Waals surface area (Å²) >= 11 is 0. The third kappa shape index (κ3) is 4.20. The highest BCUT2D eigenvalue weighted by atomic mass is 16.2. The van der Waals surface area contributed by atoms with Crippen LogP contribution in [-0.4, -0.2) is 43.0 Å². The predicted octanol–water partition coefficient (Wildman–Crippen LogP) is 1.34. The van der Waals surface area contributed by atoms with E-state index in [-0.39, 0.29) is 11.9 Å². The number of nitrogens with one attached hydrogen (secondary N) is 2. The minimum atomic E-state index is -0.389. The Labute approximate surface area is 115 Å². The molecule has 1 heterocycles. The second-order valence-electron chi connectivity index (χ2n) is 5.74. The Morgan fingerprint density at radius 1 is 1.16 bits per heavy atom. The smallest absolute Gasteiger partial charge is 0.321 e. The van der Waals surface area contributed by atoms with Gasteiger partial charge in [0.05, 0.1) is 6.54 Å². The summed E-state index contributed by atoms with van der Waals surface area (Å²) in [5, 5.41) is 4.94. The van der Waals surface area contributed by atoms with Gasteiger partial charge in [-0.05, 0) is 38.1 Å². The molecule has 1 aliphatic heterocycles. The summed E-state index contributed by atoms with van der Waals surface area (Å²) in [7, 11) is 0. The van der Waals surface area contributed by atoms with Crippen LogP contribution in [0.1, 0.15) is 39.0 Å². The van der Waals surface area contributed by atoms with Crippen molar-refractivity contribution in [2.45, 2.75) is 39.0 Å². The van der Waals surface area contributed by atoms with E-state index in [1.807, 2.05) is 6.92 Å². The lowest BCUT2D eigenvalue weighted by Gasteiger charge is -2.40. The van der Waals surface area contributed by atoms with Crippen LogP contribution in [0.3, 0.4) is 0 Å². The van der Waals surface area contributed by atoms with Gasteiger partial charge in [0.15, 0.2) is 0 Å². The minimum Gasteiger partial charge on any atom is -0.338 e. The zero-order valence-corrected chi connectivity index (χ0v) is 11.8. The third-order valence-electron chi connectivity index (χ3n) is 4.33. The van der Waals surface area contributed by atoms with Gasteiger partial charge in [0.25, 0.3) is 0 Å². The fourth-order valence-corrected chi connectivity index (χ4v) is 3.39. The van der Waals surface area contributed by atoms with Gasteiger partial charge in [0.2, 0.25) is 5.91 Å². The van der Waals surface area contributed by atoms with Gasteiger partial charge >= 0.3 is 6.03 Å². The van der Waals surface area contributed by atoms with Crippen molar-refractivity contribution >= 4 is 11.9 Å². The van der Waals surface area contributed by atoms with Gasteiger partial charge in [-0.3, -0.25) is 15.0 Å². The first-order valence-corrected chi connectivity index (χ1v) is 7.49. The molecule has 108 valence electrons. The summed E-state index contributed by atoms with van der Waals surface area (Å²) in [4.78, 5) is 25.2. The lowest BCUT2D eigenvalue weighted by Crippen LogP contribution is -2.48. The molecule has 2 atom stereocenters. The molecule has 0 aromatic heterocycles. The predicted molar refractivity (Wildman–Crippen MR) is 73.7 cm³/mol. The number of urea groups is 1. The number of piperidine rings is 1. The van der Waals surface area contributed by atoms with Gasteiger partial charge in [0.1, 0.15) is 0 Å². The quantitative estimate of drug-likeness (QED) is 0.811. The normalized spacial score (nSPS) is 27.4. The summed E-state index contributed by atoms with van der Waals surface area (Å²) in [5.74, 6) is 1.44. The monoisotopic (exact) mass is 267 g/mol. The SMILES string of the molecule is CCNC(=O)NC(=O)CN1CC[C@@H]2CCCC[C@@H]2C1. The van der Waals surface area contributed by atoms with E-state index in [0.29, 0.717) is 13.1 Å². The Bertz CT molecular complexity index is 333. The van der Waals surface area contributed by atoms with E-state index in [1.165, 1.54) is 32.1 Å². The lowest BCUT2D eigenvalue weighted by atomic mass is 9.75. The lowest BCUT2D eigenvalue weighted by molar-refractivity contribution is -0.121. The average molecular weight is 267 g/mol. The first-order valence-electron chi connectivity index (χ1n) is 7.49. The van der Waals surface area contributed by atoms with Crippen LogP contribution in [0.15, 0.2) is 0 Å². The third-order valence-corrected chi connectivity index (χ3v) is 4.33. The van der Waals surface area contributed by atoms with Crippen molar-refractivity contribution in [3.8, 4) is 0 Å². The van der Waals surface area contributed by atoms with Gasteiger partial charge in [-0.25, -0.2) is 4.79 Å². The van der Waals surface area contributed by atoms with Crippen LogP contribution in [0.4, 0.5) is 4.79 Å². The maximum atomic E-state index is 11.7. The average Bonchev–Trinajstić information content (AvgIpc) is 2.38. The molecule has 0 spiro atoms. The fraction of sp³-hybridized carbons (Fsp3) is 0.857. The Kier molecular flexibility index (Phi) is 5.19. The van der Waals surface area contributed by atoms with Gasteiger partial charge in [-0.2, -0.15) is 0 Å². The number of hydrogen-bond acceptors (Lipinski definition) is 3. The number of carbonyl (C=O) groups is 2. The summed E-state index contributed by atoms with van der Waals surface area (Å²) in [6.45, 7) is 4.72. The Morgan fingerprint density at radius 2 is 1.89 bits per heavy atom. The molecule has 19 heavy (non-hydrogen) atoms. The van der Waals surface area contributed by atoms with E-state index in [0.717, 1.165) is 24.9 Å². The molecule has 1 aliphatic carbocycles. The van der Waals surface area contributed by atoms with E-state index in [4.69, 9.17) is 0 Å². The van der Waals surface area contributed by atoms with Gasteiger partial charge < -0.3 is 5.32 Å². The molecule has 5 heteroatoms. The van der Waals surface area contributed by atoms with E-state index >= 15 is 0 Å². The van der Waals surface area contributed by atoms with Crippen LogP contribution in [0.25, 0.3) is 0 Å². The van der Waals surface area contributed by atoms with Crippen molar-refractivity contribution < 1.29 is 9.59 Å². The number of rotatable bonds is 3. The number of likely N-dealkylation sites (tertiary alicyclic amines) is 1. The summed E-state index contributed by atoms with van der Waals surface area (Å²) in [6, 6.07) is -0.389. The van der Waals surface area contributed by atoms with E-state index < -0.39 is 0 Å². The molecule has 0 unspecified atom stereocenters. The molecule has 2 rings (SSSR count). The highest BCUT2D eigenvalue weighted by Gasteiger charge is 2.31. The molecule has 3 amide bonds. The molecule has 0 bridgehead atoms. The first kappa shape index (κ1) is 14.3. The molecule has 5 nitrogen and oxygen atoms in total. The maximum absolute atomic E-state index is 11.7. The van der Waals surface area contributed by atoms with Crippen LogP contribution in [0, 0.1) is 11.8 Å². The van der Waals surface area contributed by atoms with Crippen molar-refractivity contribution in [1.29, 1.82) is 0 Å². The van der Waals surface area contributed by atoms with Crippen LogP contribution in [0.2, 0.25) is 0 Å². The van der Waals surface area contributed by atoms with Crippen LogP contribution >= 0.6 is 0 Å². The molecule has 1 saturated carbocycles. The van der Waals surface area contributed by atoms with Crippen LogP contribution in [0.5, 0.6) is 0 Å². The van der Waals surface area contributed by atoms with E-state index in [2.05, 4.69) is 15.5 Å². The number of carbonyl (C=O) groups excluding carboxylic acids is 2. The zero-order chi connectivity index (χ0) is 13.7. The highest BCUT2D eigenvalue weighted by Crippen LogP contribution is 2.35. The molecule has 0 aromatic carbocycles. The summed E-state index contributed by atoms with van der Waals surface area (Å²) in [5.41, 5.74) is 0. The maximum Gasteiger partial charge on any atom is 0.321 e. The number of amides is 3. The standard InChI is InChI=1S/C14H25N3O2/c1-2-15-14(19)16-13(18)10-17-8-7-11-5-3-4-6-12(11)9-17/h11-12H,2-10H2,1H3,(H2,15,16,18,19)/t11-,12+/m0/s1. The van der Waals surface area contributed by atoms with Crippen molar-refractivity contribution in [2.75, 3.05) is 26.2 Å². The number of imide groups is 1. The first-order chi connectivity index (χ1) is 9.19. The molecule has 1 saturated heterocycles. The molecule has 0 aromatic rings. The molecular weight excluding hydrogens is 242 g/mol. The molecule has 2 fully saturated rings. The topological polar surface area (TPSA) is 61.4 Å². The van der Waals surface area contributed by atoms with Crippen molar-refractivity contribution in [2.24, 2.45) is 11.8 Å². The van der Waals surface area contributed by atoms with Crippen molar-refractivity contribution in [3.63, 3.8) is 0 Å². The largest absolute Gasteiger partial charge is 0.338 e. The highest BCUT2D eigenvalue weighted by molar-refractivity contribution is 5.95. The Morgan fingerprint density at radius 3 is 2.63 bits per heavy atom. The second-order valence-corrected chi connectivity index (χ2v) is 5.74. The van der Waals surface area contributed by atoms with Crippen molar-refractivity contribution in [1.82, 2.24) is 15.5 Å².